The number of hydrogen-bond donors (Lipinski definition) is 2. The number of piperazine rings is 1. The fourth-order valence-corrected chi connectivity index (χ4v) is 2.55. The van der Waals surface area contributed by atoms with Crippen LogP contribution in [0.25, 0.3) is 0 Å². The summed E-state index contributed by atoms with van der Waals surface area (Å²) >= 11 is 0. The smallest absolute Gasteiger partial charge is 0.293 e. The predicted octanol–water partition coefficient (Wildman–Crippen LogP) is 0.657. The molecule has 0 radical (unpaired) electrons. The van der Waals surface area contributed by atoms with E-state index in [9.17, 15) is 14.9 Å². The number of nitro groups is 1. The molecule has 1 aromatic rings. The van der Waals surface area contributed by atoms with E-state index < -0.39 is 4.92 Å². The SMILES string of the molecule is CC1CN(C)CCN1C(=O)c1ccc([N+](=O)[O-])c(NN)c1. The van der Waals surface area contributed by atoms with E-state index in [4.69, 9.17) is 5.84 Å². The third-order valence-corrected chi connectivity index (χ3v) is 3.69. The third-order valence-electron chi connectivity index (χ3n) is 3.69. The predicted molar refractivity (Wildman–Crippen MR) is 78.9 cm³/mol. The molecule has 21 heavy (non-hydrogen) atoms. The second-order valence-corrected chi connectivity index (χ2v) is 5.24. The Bertz CT molecular complexity index is 563. The Balaban J connectivity index is 2.25. The van der Waals surface area contributed by atoms with Crippen LogP contribution in [0.4, 0.5) is 11.4 Å². The van der Waals surface area contributed by atoms with Gasteiger partial charge in [-0.3, -0.25) is 20.8 Å². The fourth-order valence-electron chi connectivity index (χ4n) is 2.55. The van der Waals surface area contributed by atoms with Gasteiger partial charge in [-0.05, 0) is 26.1 Å². The normalized spacial score (nSPS) is 19.4. The summed E-state index contributed by atoms with van der Waals surface area (Å²) in [7, 11) is 2.01. The fraction of sp³-hybridized carbons (Fsp3) is 0.462. The first kappa shape index (κ1) is 15.2. The molecule has 1 heterocycles. The molecule has 1 aliphatic heterocycles. The number of hydrazine groups is 1. The molecule has 0 saturated carbocycles. The Morgan fingerprint density at radius 2 is 2.19 bits per heavy atom. The van der Waals surface area contributed by atoms with Crippen LogP contribution in [0.5, 0.6) is 0 Å². The van der Waals surface area contributed by atoms with Crippen LogP contribution in [-0.4, -0.2) is 53.4 Å². The number of carbonyl (C=O) groups excluding carboxylic acids is 1. The van der Waals surface area contributed by atoms with Crippen molar-refractivity contribution in [3.63, 3.8) is 0 Å². The summed E-state index contributed by atoms with van der Waals surface area (Å²) in [6.45, 7) is 4.24. The van der Waals surface area contributed by atoms with E-state index in [2.05, 4.69) is 10.3 Å². The highest BCUT2D eigenvalue weighted by Crippen LogP contribution is 2.25. The quantitative estimate of drug-likeness (QED) is 0.482. The molecular formula is C13H19N5O3. The number of nitrogen functional groups attached to an aromatic ring is 1. The number of nitro benzene ring substituents is 1. The molecule has 1 aliphatic rings. The van der Waals surface area contributed by atoms with Crippen LogP contribution in [0.3, 0.4) is 0 Å². The first-order valence-electron chi connectivity index (χ1n) is 6.68. The van der Waals surface area contributed by atoms with E-state index in [1.165, 1.54) is 18.2 Å². The highest BCUT2D eigenvalue weighted by atomic mass is 16.6. The average molecular weight is 293 g/mol. The second-order valence-electron chi connectivity index (χ2n) is 5.24. The van der Waals surface area contributed by atoms with Crippen molar-refractivity contribution in [2.75, 3.05) is 32.1 Å². The molecule has 0 aliphatic carbocycles. The van der Waals surface area contributed by atoms with Crippen LogP contribution < -0.4 is 11.3 Å². The van der Waals surface area contributed by atoms with Crippen molar-refractivity contribution in [3.05, 3.63) is 33.9 Å². The number of nitrogens with zero attached hydrogens (tertiary/aromatic N) is 3. The minimum atomic E-state index is -0.540. The van der Waals surface area contributed by atoms with Gasteiger partial charge in [0.1, 0.15) is 5.69 Å². The van der Waals surface area contributed by atoms with Crippen molar-refractivity contribution >= 4 is 17.3 Å². The lowest BCUT2D eigenvalue weighted by atomic mass is 10.1. The van der Waals surface area contributed by atoms with E-state index in [1.807, 2.05) is 14.0 Å². The van der Waals surface area contributed by atoms with Crippen molar-refractivity contribution in [1.82, 2.24) is 9.80 Å². The van der Waals surface area contributed by atoms with Crippen LogP contribution in [-0.2, 0) is 0 Å². The van der Waals surface area contributed by atoms with E-state index in [0.717, 1.165) is 13.1 Å². The summed E-state index contributed by atoms with van der Waals surface area (Å²) in [5, 5.41) is 10.9. The van der Waals surface area contributed by atoms with Gasteiger partial charge in [-0.2, -0.15) is 0 Å². The van der Waals surface area contributed by atoms with Gasteiger partial charge in [-0.1, -0.05) is 0 Å². The molecule has 1 unspecified atom stereocenters. The number of carbonyl (C=O) groups is 1. The first-order chi connectivity index (χ1) is 9.93. The minimum Gasteiger partial charge on any atom is -0.333 e. The summed E-state index contributed by atoms with van der Waals surface area (Å²) in [6.07, 6.45) is 0. The maximum atomic E-state index is 12.5. The van der Waals surface area contributed by atoms with E-state index >= 15 is 0 Å². The van der Waals surface area contributed by atoms with Gasteiger partial charge in [0.15, 0.2) is 0 Å². The van der Waals surface area contributed by atoms with Crippen LogP contribution in [0.15, 0.2) is 18.2 Å². The summed E-state index contributed by atoms with van der Waals surface area (Å²) in [5.74, 6) is 5.16. The summed E-state index contributed by atoms with van der Waals surface area (Å²) in [6, 6.07) is 4.28. The topological polar surface area (TPSA) is 105 Å². The number of nitrogens with two attached hydrogens (primary N) is 1. The van der Waals surface area contributed by atoms with Gasteiger partial charge in [0, 0.05) is 37.3 Å². The lowest BCUT2D eigenvalue weighted by Crippen LogP contribution is -2.52. The number of anilines is 1. The lowest BCUT2D eigenvalue weighted by Gasteiger charge is -2.38. The zero-order valence-electron chi connectivity index (χ0n) is 12.1. The first-order valence-corrected chi connectivity index (χ1v) is 6.68. The lowest BCUT2D eigenvalue weighted by molar-refractivity contribution is -0.384. The van der Waals surface area contributed by atoms with Crippen LogP contribution in [0.2, 0.25) is 0 Å². The maximum absolute atomic E-state index is 12.5. The molecule has 0 bridgehead atoms. The summed E-state index contributed by atoms with van der Waals surface area (Å²) < 4.78 is 0. The van der Waals surface area contributed by atoms with Crippen LogP contribution >= 0.6 is 0 Å². The highest BCUT2D eigenvalue weighted by Gasteiger charge is 2.27. The zero-order chi connectivity index (χ0) is 15.6. The molecule has 0 spiro atoms. The van der Waals surface area contributed by atoms with Crippen LogP contribution in [0, 0.1) is 10.1 Å². The van der Waals surface area contributed by atoms with Gasteiger partial charge in [0.2, 0.25) is 0 Å². The Morgan fingerprint density at radius 1 is 1.48 bits per heavy atom. The molecule has 0 aromatic heterocycles. The largest absolute Gasteiger partial charge is 0.333 e. The average Bonchev–Trinajstić information content (AvgIpc) is 2.45. The van der Waals surface area contributed by atoms with Gasteiger partial charge in [0.25, 0.3) is 11.6 Å². The number of hydrogen-bond acceptors (Lipinski definition) is 6. The Morgan fingerprint density at radius 3 is 2.76 bits per heavy atom. The number of benzene rings is 1. The Kier molecular flexibility index (Phi) is 4.39. The molecule has 3 N–H and O–H groups in total. The number of nitrogens with one attached hydrogen (secondary N) is 1. The molecule has 1 amide bonds. The molecule has 1 atom stereocenters. The molecule has 1 fully saturated rings. The summed E-state index contributed by atoms with van der Waals surface area (Å²) in [5.41, 5.74) is 2.65. The molecule has 2 rings (SSSR count). The van der Waals surface area contributed by atoms with Crippen molar-refractivity contribution in [3.8, 4) is 0 Å². The number of amides is 1. The highest BCUT2D eigenvalue weighted by molar-refractivity contribution is 5.96. The minimum absolute atomic E-state index is 0.0979. The number of likely N-dealkylation sites (N-methyl/N-ethyl adjacent to an activating group) is 1. The molecule has 8 heteroatoms. The zero-order valence-corrected chi connectivity index (χ0v) is 12.1. The van der Waals surface area contributed by atoms with E-state index in [-0.39, 0.29) is 23.3 Å². The van der Waals surface area contributed by atoms with E-state index in [1.54, 1.807) is 4.90 Å². The molecule has 8 nitrogen and oxygen atoms in total. The Hall–Kier alpha value is -2.19. The molecular weight excluding hydrogens is 274 g/mol. The monoisotopic (exact) mass is 293 g/mol. The van der Waals surface area contributed by atoms with E-state index in [0.29, 0.717) is 12.1 Å². The molecule has 114 valence electrons. The summed E-state index contributed by atoms with van der Waals surface area (Å²) in [4.78, 5) is 26.8. The van der Waals surface area contributed by atoms with Crippen molar-refractivity contribution in [2.45, 2.75) is 13.0 Å². The van der Waals surface area contributed by atoms with Crippen molar-refractivity contribution < 1.29 is 9.72 Å². The van der Waals surface area contributed by atoms with Crippen molar-refractivity contribution in [2.24, 2.45) is 5.84 Å². The second kappa shape index (κ2) is 6.06. The molecule has 1 aromatic carbocycles. The Labute approximate surface area is 122 Å². The van der Waals surface area contributed by atoms with Gasteiger partial charge in [-0.25, -0.2) is 0 Å². The van der Waals surface area contributed by atoms with Gasteiger partial charge in [0.05, 0.1) is 4.92 Å². The van der Waals surface area contributed by atoms with Crippen LogP contribution in [0.1, 0.15) is 17.3 Å². The standard InChI is InChI=1S/C13H19N5O3/c1-9-8-16(2)5-6-17(9)13(19)10-3-4-12(18(20)21)11(7-10)15-14/h3-4,7,9,15H,5-6,8,14H2,1-2H3. The molecule has 1 saturated heterocycles. The van der Waals surface area contributed by atoms with Gasteiger partial charge in [-0.15, -0.1) is 0 Å². The van der Waals surface area contributed by atoms with Gasteiger partial charge >= 0.3 is 0 Å². The number of rotatable bonds is 3. The maximum Gasteiger partial charge on any atom is 0.293 e. The van der Waals surface area contributed by atoms with Gasteiger partial charge < -0.3 is 15.2 Å². The van der Waals surface area contributed by atoms with Crippen molar-refractivity contribution in [1.29, 1.82) is 0 Å². The third kappa shape index (κ3) is 3.11.